The Morgan fingerprint density at radius 3 is 2.52 bits per heavy atom. The van der Waals surface area contributed by atoms with Gasteiger partial charge in [-0.1, -0.05) is 37.3 Å². The summed E-state index contributed by atoms with van der Waals surface area (Å²) in [4.78, 5) is 25.6. The van der Waals surface area contributed by atoms with Gasteiger partial charge in [0.1, 0.15) is 6.54 Å². The number of nitrogens with one attached hydrogen (secondary N) is 2. The van der Waals surface area contributed by atoms with Crippen molar-refractivity contribution in [2.45, 2.75) is 83.2 Å². The summed E-state index contributed by atoms with van der Waals surface area (Å²) in [5.41, 5.74) is 1.97. The maximum Gasteiger partial charge on any atom is 0.267 e. The van der Waals surface area contributed by atoms with E-state index in [0.717, 1.165) is 63.0 Å². The molecule has 0 bridgehead atoms. The fraction of sp³-hybridized carbons (Fsp3) is 0.652. The average molecular weight is 428 g/mol. The molecule has 8 nitrogen and oxygen atoms in total. The third-order valence-electron chi connectivity index (χ3n) is 6.41. The van der Waals surface area contributed by atoms with Crippen LogP contribution < -0.4 is 16.2 Å². The summed E-state index contributed by atoms with van der Waals surface area (Å²) in [5.74, 6) is 0.628. The Labute approximate surface area is 182 Å². The fourth-order valence-corrected chi connectivity index (χ4v) is 4.71. The van der Waals surface area contributed by atoms with Crippen LogP contribution in [0.3, 0.4) is 0 Å². The van der Waals surface area contributed by atoms with E-state index < -0.39 is 0 Å². The third kappa shape index (κ3) is 5.61. The van der Waals surface area contributed by atoms with Crippen LogP contribution >= 0.6 is 0 Å². The van der Waals surface area contributed by atoms with Gasteiger partial charge in [0.15, 0.2) is 5.76 Å². The van der Waals surface area contributed by atoms with E-state index in [1.807, 2.05) is 13.0 Å². The first-order valence-electron chi connectivity index (χ1n) is 11.7. The Hall–Kier alpha value is -2.48. The van der Waals surface area contributed by atoms with Gasteiger partial charge in [0.05, 0.1) is 11.4 Å². The first kappa shape index (κ1) is 21.7. The van der Waals surface area contributed by atoms with Crippen molar-refractivity contribution in [3.8, 4) is 11.3 Å². The monoisotopic (exact) mass is 427 g/mol. The molecule has 0 unspecified atom stereocenters. The summed E-state index contributed by atoms with van der Waals surface area (Å²) in [7, 11) is 0. The molecule has 0 radical (unpaired) electrons. The molecule has 1 amide bonds. The van der Waals surface area contributed by atoms with E-state index in [-0.39, 0.29) is 30.0 Å². The highest BCUT2D eigenvalue weighted by Crippen LogP contribution is 2.32. The van der Waals surface area contributed by atoms with Crippen molar-refractivity contribution >= 4 is 5.91 Å². The van der Waals surface area contributed by atoms with Crippen LogP contribution in [0.4, 0.5) is 0 Å². The number of nitrogens with zero attached hydrogens (tertiary/aromatic N) is 3. The molecule has 2 fully saturated rings. The molecule has 31 heavy (non-hydrogen) atoms. The van der Waals surface area contributed by atoms with E-state index in [0.29, 0.717) is 11.3 Å². The lowest BCUT2D eigenvalue weighted by molar-refractivity contribution is -0.122. The van der Waals surface area contributed by atoms with Crippen LogP contribution in [0, 0.1) is 6.92 Å². The van der Waals surface area contributed by atoms with E-state index in [4.69, 9.17) is 4.52 Å². The molecule has 8 heteroatoms. The number of amides is 1. The van der Waals surface area contributed by atoms with Crippen LogP contribution in [-0.4, -0.2) is 40.0 Å². The smallest absolute Gasteiger partial charge is 0.267 e. The fourth-order valence-electron chi connectivity index (χ4n) is 4.71. The van der Waals surface area contributed by atoms with E-state index in [2.05, 4.69) is 20.9 Å². The van der Waals surface area contributed by atoms with Crippen molar-refractivity contribution in [3.05, 3.63) is 33.9 Å². The van der Waals surface area contributed by atoms with Crippen molar-refractivity contribution in [2.24, 2.45) is 0 Å². The van der Waals surface area contributed by atoms with Crippen LogP contribution in [-0.2, 0) is 11.3 Å². The molecule has 0 atom stereocenters. The quantitative estimate of drug-likeness (QED) is 0.761. The Morgan fingerprint density at radius 1 is 1.13 bits per heavy atom. The van der Waals surface area contributed by atoms with Gasteiger partial charge < -0.3 is 15.2 Å². The number of rotatable bonds is 5. The number of aromatic nitrogens is 3. The summed E-state index contributed by atoms with van der Waals surface area (Å²) in [6.45, 7) is 3.61. The molecule has 2 aliphatic rings. The van der Waals surface area contributed by atoms with Crippen LogP contribution in [0.2, 0.25) is 0 Å². The van der Waals surface area contributed by atoms with Gasteiger partial charge in [0, 0.05) is 29.7 Å². The number of hydrogen-bond acceptors (Lipinski definition) is 6. The first-order chi connectivity index (χ1) is 15.1. The summed E-state index contributed by atoms with van der Waals surface area (Å²) in [6, 6.07) is 3.57. The van der Waals surface area contributed by atoms with Gasteiger partial charge in [0.2, 0.25) is 5.91 Å². The standard InChI is InChI=1S/C23H33N5O3/c1-16-13-20(31-27-16)19-14-22(30)28(26-23(19)17-9-11-24-12-10-17)15-21(29)25-18-7-5-3-2-4-6-8-18/h13-14,17-18,24H,2-12,15H2,1H3,(H,25,29). The number of hydrogen-bond donors (Lipinski definition) is 2. The topological polar surface area (TPSA) is 102 Å². The second-order valence-electron chi connectivity index (χ2n) is 8.91. The highest BCUT2D eigenvalue weighted by atomic mass is 16.5. The highest BCUT2D eigenvalue weighted by Gasteiger charge is 2.25. The van der Waals surface area contributed by atoms with E-state index in [9.17, 15) is 9.59 Å². The summed E-state index contributed by atoms with van der Waals surface area (Å²) in [5, 5.41) is 15.1. The minimum atomic E-state index is -0.297. The van der Waals surface area contributed by atoms with Crippen molar-refractivity contribution in [1.82, 2.24) is 25.6 Å². The average Bonchev–Trinajstić information content (AvgIpc) is 3.18. The van der Waals surface area contributed by atoms with Crippen molar-refractivity contribution in [2.75, 3.05) is 13.1 Å². The number of piperidine rings is 1. The Kier molecular flexibility index (Phi) is 7.17. The van der Waals surface area contributed by atoms with Crippen molar-refractivity contribution in [3.63, 3.8) is 0 Å². The van der Waals surface area contributed by atoms with Gasteiger partial charge in [0.25, 0.3) is 5.56 Å². The Bertz CT molecular complexity index is 937. The van der Waals surface area contributed by atoms with Crippen LogP contribution in [0.15, 0.2) is 21.5 Å². The molecule has 0 aromatic carbocycles. The summed E-state index contributed by atoms with van der Waals surface area (Å²) >= 11 is 0. The van der Waals surface area contributed by atoms with Gasteiger partial charge in [-0.2, -0.15) is 5.10 Å². The molecule has 3 heterocycles. The highest BCUT2D eigenvalue weighted by molar-refractivity contribution is 5.76. The molecule has 168 valence electrons. The Morgan fingerprint density at radius 2 is 1.84 bits per heavy atom. The lowest BCUT2D eigenvalue weighted by atomic mass is 9.91. The summed E-state index contributed by atoms with van der Waals surface area (Å²) < 4.78 is 6.76. The van der Waals surface area contributed by atoms with Gasteiger partial charge in [-0.15, -0.1) is 0 Å². The van der Waals surface area contributed by atoms with Gasteiger partial charge >= 0.3 is 0 Å². The minimum absolute atomic E-state index is 0.0526. The minimum Gasteiger partial charge on any atom is -0.356 e. The van der Waals surface area contributed by atoms with Gasteiger partial charge in [-0.25, -0.2) is 4.68 Å². The van der Waals surface area contributed by atoms with E-state index in [1.54, 1.807) is 6.07 Å². The molecule has 1 saturated heterocycles. The number of carbonyl (C=O) groups excluding carboxylic acids is 1. The third-order valence-corrected chi connectivity index (χ3v) is 6.41. The predicted octanol–water partition coefficient (Wildman–Crippen LogP) is 2.90. The normalized spacial score (nSPS) is 19.0. The van der Waals surface area contributed by atoms with E-state index >= 15 is 0 Å². The molecule has 2 N–H and O–H groups in total. The lowest BCUT2D eigenvalue weighted by Crippen LogP contribution is -2.40. The lowest BCUT2D eigenvalue weighted by Gasteiger charge is -2.24. The predicted molar refractivity (Wildman–Crippen MR) is 118 cm³/mol. The second-order valence-corrected chi connectivity index (χ2v) is 8.91. The zero-order valence-electron chi connectivity index (χ0n) is 18.4. The van der Waals surface area contributed by atoms with Crippen molar-refractivity contribution in [1.29, 1.82) is 0 Å². The first-order valence-corrected chi connectivity index (χ1v) is 11.7. The number of aryl methyl sites for hydroxylation is 1. The molecule has 1 aliphatic carbocycles. The molecular weight excluding hydrogens is 394 g/mol. The Balaban J connectivity index is 1.55. The molecule has 0 spiro atoms. The molecule has 2 aromatic heterocycles. The van der Waals surface area contributed by atoms with Crippen LogP contribution in [0.25, 0.3) is 11.3 Å². The second kappa shape index (κ2) is 10.2. The van der Waals surface area contributed by atoms with Gasteiger partial charge in [-0.3, -0.25) is 9.59 Å². The molecule has 2 aromatic rings. The van der Waals surface area contributed by atoms with Crippen LogP contribution in [0.5, 0.6) is 0 Å². The SMILES string of the molecule is Cc1cc(-c2cc(=O)n(CC(=O)NC3CCCCCCC3)nc2C2CCNCC2)on1. The molecule has 1 saturated carbocycles. The molecule has 4 rings (SSSR count). The van der Waals surface area contributed by atoms with Gasteiger partial charge in [-0.05, 0) is 45.7 Å². The molecule has 1 aliphatic heterocycles. The van der Waals surface area contributed by atoms with E-state index in [1.165, 1.54) is 23.9 Å². The largest absolute Gasteiger partial charge is 0.356 e. The summed E-state index contributed by atoms with van der Waals surface area (Å²) in [6.07, 6.45) is 9.93. The maximum atomic E-state index is 12.8. The zero-order chi connectivity index (χ0) is 21.6. The maximum absolute atomic E-state index is 12.8. The molecular formula is C23H33N5O3. The number of carbonyl (C=O) groups is 1. The van der Waals surface area contributed by atoms with Crippen molar-refractivity contribution < 1.29 is 9.32 Å². The zero-order valence-corrected chi connectivity index (χ0v) is 18.4. The van der Waals surface area contributed by atoms with Crippen LogP contribution in [0.1, 0.15) is 75.1 Å².